The zero-order valence-corrected chi connectivity index (χ0v) is 15.5. The van der Waals surface area contributed by atoms with Crippen molar-refractivity contribution in [1.82, 2.24) is 9.97 Å². The normalized spacial score (nSPS) is 12.2. The molecule has 2 aromatic carbocycles. The van der Waals surface area contributed by atoms with Crippen molar-refractivity contribution in [2.45, 2.75) is 11.1 Å². The smallest absolute Gasteiger partial charge is 0.449 e. The molecule has 0 saturated carbocycles. The Kier molecular flexibility index (Phi) is 4.92. The topological polar surface area (TPSA) is 72.0 Å². The molecule has 0 unspecified atom stereocenters. The van der Waals surface area contributed by atoms with E-state index in [2.05, 4.69) is 9.97 Å². The van der Waals surface area contributed by atoms with E-state index in [0.717, 1.165) is 12.3 Å². The predicted molar refractivity (Wildman–Crippen MR) is 94.1 cm³/mol. The molecule has 0 atom stereocenters. The maximum absolute atomic E-state index is 14.1. The van der Waals surface area contributed by atoms with Crippen molar-refractivity contribution in [3.05, 3.63) is 54.1 Å². The minimum atomic E-state index is -4.81. The van der Waals surface area contributed by atoms with Crippen LogP contribution in [0.15, 0.2) is 47.4 Å². The first-order valence-electron chi connectivity index (χ1n) is 7.83. The molecule has 148 valence electrons. The molecule has 0 spiro atoms. The van der Waals surface area contributed by atoms with E-state index in [1.165, 1.54) is 43.5 Å². The minimum Gasteiger partial charge on any atom is -0.494 e. The van der Waals surface area contributed by atoms with Gasteiger partial charge in [-0.1, -0.05) is 18.2 Å². The fraction of sp³-hybridized carbons (Fsp3) is 0.167. The van der Waals surface area contributed by atoms with Crippen LogP contribution in [0.5, 0.6) is 5.75 Å². The average molecular weight is 414 g/mol. The van der Waals surface area contributed by atoms with Crippen molar-refractivity contribution in [1.29, 1.82) is 0 Å². The van der Waals surface area contributed by atoms with Gasteiger partial charge in [0.1, 0.15) is 0 Å². The fourth-order valence-corrected chi connectivity index (χ4v) is 3.62. The van der Waals surface area contributed by atoms with Crippen LogP contribution < -0.4 is 4.74 Å². The quantitative estimate of drug-likeness (QED) is 0.646. The molecule has 0 aliphatic carbocycles. The molecular formula is C18H14F4N2O3S. The van der Waals surface area contributed by atoms with E-state index in [-0.39, 0.29) is 33.2 Å². The molecule has 1 aromatic heterocycles. The number of ether oxygens (including phenoxy) is 1. The minimum absolute atomic E-state index is 0.000716. The lowest BCUT2D eigenvalue weighted by atomic mass is 10.0. The third-order valence-corrected chi connectivity index (χ3v) is 5.11. The van der Waals surface area contributed by atoms with Gasteiger partial charge < -0.3 is 9.72 Å². The molecular weight excluding hydrogens is 400 g/mol. The number of benzene rings is 2. The standard InChI is InChI=1S/C18H14F4N2O3S/c1-27-13-8-7-10(9-12(13)19)15-16(24-17(23-15)18(20,21)22)11-5-3-4-6-14(11)28(2,25)26/h3-9H,1-2H3,(H,23,24). The monoisotopic (exact) mass is 414 g/mol. The van der Waals surface area contributed by atoms with E-state index in [1.54, 1.807) is 0 Å². The van der Waals surface area contributed by atoms with E-state index in [4.69, 9.17) is 4.74 Å². The van der Waals surface area contributed by atoms with Gasteiger partial charge >= 0.3 is 6.18 Å². The highest BCUT2D eigenvalue weighted by Crippen LogP contribution is 2.38. The third kappa shape index (κ3) is 3.72. The maximum Gasteiger partial charge on any atom is 0.449 e. The van der Waals surface area contributed by atoms with Gasteiger partial charge in [-0.15, -0.1) is 0 Å². The van der Waals surface area contributed by atoms with Gasteiger partial charge in [0.2, 0.25) is 5.82 Å². The number of rotatable bonds is 4. The van der Waals surface area contributed by atoms with Crippen LogP contribution in [0.4, 0.5) is 17.6 Å². The Morgan fingerprint density at radius 1 is 1.11 bits per heavy atom. The van der Waals surface area contributed by atoms with E-state index < -0.39 is 27.7 Å². The summed E-state index contributed by atoms with van der Waals surface area (Å²) in [5.41, 5.74) is -0.384. The number of halogens is 4. The van der Waals surface area contributed by atoms with Crippen LogP contribution in [0.1, 0.15) is 5.82 Å². The summed E-state index contributed by atoms with van der Waals surface area (Å²) in [4.78, 5) is 5.53. The Morgan fingerprint density at radius 2 is 1.79 bits per heavy atom. The number of sulfone groups is 1. The molecule has 3 aromatic rings. The summed E-state index contributed by atoms with van der Waals surface area (Å²) >= 11 is 0. The van der Waals surface area contributed by atoms with Gasteiger partial charge in [-0.05, 0) is 24.3 Å². The fourth-order valence-electron chi connectivity index (χ4n) is 2.72. The largest absolute Gasteiger partial charge is 0.494 e. The maximum atomic E-state index is 14.1. The molecule has 1 N–H and O–H groups in total. The second kappa shape index (κ2) is 6.93. The van der Waals surface area contributed by atoms with Crippen LogP contribution in [0.2, 0.25) is 0 Å². The predicted octanol–water partition coefficient (Wildman–Crippen LogP) is 4.31. The third-order valence-electron chi connectivity index (χ3n) is 3.95. The van der Waals surface area contributed by atoms with Gasteiger partial charge in [0.25, 0.3) is 0 Å². The van der Waals surface area contributed by atoms with E-state index in [9.17, 15) is 26.0 Å². The molecule has 0 aliphatic rings. The van der Waals surface area contributed by atoms with Crippen LogP contribution in [0.3, 0.4) is 0 Å². The zero-order valence-electron chi connectivity index (χ0n) is 14.6. The van der Waals surface area contributed by atoms with Gasteiger partial charge in [0.05, 0.1) is 23.4 Å². The van der Waals surface area contributed by atoms with E-state index >= 15 is 0 Å². The molecule has 0 aliphatic heterocycles. The van der Waals surface area contributed by atoms with Crippen molar-refractivity contribution < 1.29 is 30.7 Å². The second-order valence-corrected chi connectivity index (χ2v) is 7.91. The highest BCUT2D eigenvalue weighted by molar-refractivity contribution is 7.90. The molecule has 0 fully saturated rings. The number of H-pyrrole nitrogens is 1. The number of hydrogen-bond acceptors (Lipinski definition) is 4. The molecule has 3 rings (SSSR count). The summed E-state index contributed by atoms with van der Waals surface area (Å²) in [6, 6.07) is 9.13. The van der Waals surface area contributed by atoms with Gasteiger partial charge in [-0.2, -0.15) is 13.2 Å². The van der Waals surface area contributed by atoms with Gasteiger partial charge in [0, 0.05) is 17.4 Å². The summed E-state index contributed by atoms with van der Waals surface area (Å²) in [5.74, 6) is -2.20. The number of imidazole rings is 1. The summed E-state index contributed by atoms with van der Waals surface area (Å²) in [7, 11) is -2.50. The van der Waals surface area contributed by atoms with E-state index in [0.29, 0.717) is 0 Å². The molecule has 0 saturated heterocycles. The molecule has 1 heterocycles. The number of alkyl halides is 3. The first-order valence-corrected chi connectivity index (χ1v) is 9.72. The highest BCUT2D eigenvalue weighted by atomic mass is 32.2. The molecule has 0 radical (unpaired) electrons. The van der Waals surface area contributed by atoms with Crippen LogP contribution in [0.25, 0.3) is 22.5 Å². The van der Waals surface area contributed by atoms with E-state index in [1.807, 2.05) is 0 Å². The first-order chi connectivity index (χ1) is 13.0. The Morgan fingerprint density at radius 3 is 2.36 bits per heavy atom. The van der Waals surface area contributed by atoms with Crippen molar-refractivity contribution in [3.63, 3.8) is 0 Å². The highest BCUT2D eigenvalue weighted by Gasteiger charge is 2.36. The summed E-state index contributed by atoms with van der Waals surface area (Å²) in [6.45, 7) is 0. The Hall–Kier alpha value is -2.88. The van der Waals surface area contributed by atoms with Gasteiger partial charge in [0.15, 0.2) is 21.4 Å². The number of nitrogens with zero attached hydrogens (tertiary/aromatic N) is 1. The first kappa shape index (κ1) is 19.9. The summed E-state index contributed by atoms with van der Waals surface area (Å²) in [6.07, 6.45) is -3.86. The number of aromatic nitrogens is 2. The molecule has 5 nitrogen and oxygen atoms in total. The summed E-state index contributed by atoms with van der Waals surface area (Å²) in [5, 5.41) is 0. The van der Waals surface area contributed by atoms with Crippen molar-refractivity contribution >= 4 is 9.84 Å². The lowest BCUT2D eigenvalue weighted by Gasteiger charge is -2.09. The Balaban J connectivity index is 2.31. The molecule has 28 heavy (non-hydrogen) atoms. The number of aromatic amines is 1. The van der Waals surface area contributed by atoms with Crippen molar-refractivity contribution in [2.24, 2.45) is 0 Å². The lowest BCUT2D eigenvalue weighted by molar-refractivity contribution is -0.144. The second-order valence-electron chi connectivity index (χ2n) is 5.92. The Labute approximate surface area is 157 Å². The Bertz CT molecular complexity index is 1140. The number of methoxy groups -OCH3 is 1. The number of nitrogens with one attached hydrogen (secondary N) is 1. The van der Waals surface area contributed by atoms with Crippen LogP contribution in [0, 0.1) is 5.82 Å². The molecule has 0 amide bonds. The van der Waals surface area contributed by atoms with Gasteiger partial charge in [-0.25, -0.2) is 17.8 Å². The van der Waals surface area contributed by atoms with Gasteiger partial charge in [-0.3, -0.25) is 0 Å². The zero-order chi connectivity index (χ0) is 20.7. The number of hydrogen-bond donors (Lipinski definition) is 1. The molecule has 0 bridgehead atoms. The van der Waals surface area contributed by atoms with Crippen LogP contribution >= 0.6 is 0 Å². The lowest BCUT2D eigenvalue weighted by Crippen LogP contribution is -2.07. The SMILES string of the molecule is COc1ccc(-c2nc(C(F)(F)F)[nH]c2-c2ccccc2S(C)(=O)=O)cc1F. The summed E-state index contributed by atoms with van der Waals surface area (Å²) < 4.78 is 82.8. The van der Waals surface area contributed by atoms with Crippen LogP contribution in [-0.2, 0) is 16.0 Å². The van der Waals surface area contributed by atoms with Crippen molar-refractivity contribution in [2.75, 3.05) is 13.4 Å². The average Bonchev–Trinajstić information content (AvgIpc) is 3.06. The van der Waals surface area contributed by atoms with Crippen LogP contribution in [-0.4, -0.2) is 31.8 Å². The van der Waals surface area contributed by atoms with Crippen molar-refractivity contribution in [3.8, 4) is 28.3 Å². The molecule has 10 heteroatoms.